The Labute approximate surface area is 126 Å². The summed E-state index contributed by atoms with van der Waals surface area (Å²) in [5.41, 5.74) is 1.61. The molecule has 0 aliphatic carbocycles. The van der Waals surface area contributed by atoms with Gasteiger partial charge in [-0.15, -0.1) is 0 Å². The Morgan fingerprint density at radius 1 is 1.24 bits per heavy atom. The number of hydrogen-bond acceptors (Lipinski definition) is 3. The fraction of sp³-hybridized carbons (Fsp3) is 0.0625. The van der Waals surface area contributed by atoms with Crippen LogP contribution in [-0.2, 0) is 0 Å². The van der Waals surface area contributed by atoms with Crippen LogP contribution in [0.3, 0.4) is 0 Å². The molecule has 0 aliphatic heterocycles. The summed E-state index contributed by atoms with van der Waals surface area (Å²) in [6.45, 7) is 0. The zero-order valence-electron chi connectivity index (χ0n) is 10.9. The topological polar surface area (TPSA) is 58.2 Å². The summed E-state index contributed by atoms with van der Waals surface area (Å²) in [6, 6.07) is 14.4. The maximum Gasteiger partial charge on any atom is 0.188 e. The minimum Gasteiger partial charge on any atom is -0.292 e. The Morgan fingerprint density at radius 2 is 2.00 bits per heavy atom. The van der Waals surface area contributed by atoms with E-state index in [9.17, 15) is 10.1 Å². The molecule has 0 fully saturated rings. The average molecular weight is 296 g/mol. The summed E-state index contributed by atoms with van der Waals surface area (Å²) in [4.78, 5) is 12.7. The SMILES string of the molecule is N#CC(C(=O)c1cnn2ccccc12)c1ccccc1Cl. The molecule has 1 aromatic carbocycles. The lowest BCUT2D eigenvalue weighted by Gasteiger charge is -2.09. The van der Waals surface area contributed by atoms with E-state index >= 15 is 0 Å². The van der Waals surface area contributed by atoms with Crippen molar-refractivity contribution in [3.8, 4) is 6.07 Å². The Morgan fingerprint density at radius 3 is 2.76 bits per heavy atom. The van der Waals surface area contributed by atoms with Gasteiger partial charge in [-0.25, -0.2) is 4.52 Å². The van der Waals surface area contributed by atoms with Crippen molar-refractivity contribution in [2.75, 3.05) is 0 Å². The largest absolute Gasteiger partial charge is 0.292 e. The monoisotopic (exact) mass is 295 g/mol. The van der Waals surface area contributed by atoms with Gasteiger partial charge in [0.05, 0.1) is 23.3 Å². The molecule has 5 heteroatoms. The van der Waals surface area contributed by atoms with Crippen LogP contribution in [0.5, 0.6) is 0 Å². The van der Waals surface area contributed by atoms with E-state index in [-0.39, 0.29) is 5.78 Å². The smallest absolute Gasteiger partial charge is 0.188 e. The predicted octanol–water partition coefficient (Wildman–Crippen LogP) is 3.48. The van der Waals surface area contributed by atoms with Crippen LogP contribution in [0.1, 0.15) is 21.8 Å². The summed E-state index contributed by atoms with van der Waals surface area (Å²) in [5.74, 6) is -1.24. The summed E-state index contributed by atoms with van der Waals surface area (Å²) < 4.78 is 1.61. The lowest BCUT2D eigenvalue weighted by molar-refractivity contribution is 0.0980. The van der Waals surface area contributed by atoms with Crippen molar-refractivity contribution in [1.29, 1.82) is 5.26 Å². The number of hydrogen-bond donors (Lipinski definition) is 0. The molecule has 0 saturated carbocycles. The van der Waals surface area contributed by atoms with Crippen LogP contribution in [0.15, 0.2) is 54.9 Å². The minimum absolute atomic E-state index is 0.299. The number of carbonyl (C=O) groups is 1. The number of benzene rings is 1. The molecule has 1 atom stereocenters. The minimum atomic E-state index is -0.938. The van der Waals surface area contributed by atoms with Crippen LogP contribution in [0, 0.1) is 11.3 Å². The lowest BCUT2D eigenvalue weighted by Crippen LogP contribution is -2.11. The molecule has 2 aromatic heterocycles. The second kappa shape index (κ2) is 5.39. The number of fused-ring (bicyclic) bond motifs is 1. The molecule has 3 aromatic rings. The van der Waals surface area contributed by atoms with E-state index in [1.807, 2.05) is 18.2 Å². The van der Waals surface area contributed by atoms with Crippen molar-refractivity contribution in [2.45, 2.75) is 5.92 Å². The molecule has 102 valence electrons. The first kappa shape index (κ1) is 13.3. The predicted molar refractivity (Wildman–Crippen MR) is 79.3 cm³/mol. The van der Waals surface area contributed by atoms with E-state index in [1.54, 1.807) is 41.0 Å². The van der Waals surface area contributed by atoms with Gasteiger partial charge in [-0.3, -0.25) is 4.79 Å². The summed E-state index contributed by atoms with van der Waals surface area (Å²) >= 11 is 6.10. The molecule has 0 saturated heterocycles. The van der Waals surface area contributed by atoms with E-state index in [1.165, 1.54) is 6.20 Å². The molecule has 0 N–H and O–H groups in total. The molecular formula is C16H10ClN3O. The number of pyridine rings is 1. The average Bonchev–Trinajstić information content (AvgIpc) is 2.93. The third-order valence-electron chi connectivity index (χ3n) is 3.30. The molecular weight excluding hydrogens is 286 g/mol. The van der Waals surface area contributed by atoms with Gasteiger partial charge in [-0.2, -0.15) is 10.4 Å². The number of rotatable bonds is 3. The van der Waals surface area contributed by atoms with Crippen LogP contribution in [-0.4, -0.2) is 15.4 Å². The number of Topliss-reactive ketones (excluding diaryl/α,β-unsaturated/α-hetero) is 1. The third kappa shape index (κ3) is 2.28. The number of carbonyl (C=O) groups excluding carboxylic acids is 1. The van der Waals surface area contributed by atoms with E-state index in [0.29, 0.717) is 21.7 Å². The first-order chi connectivity index (χ1) is 10.2. The zero-order valence-corrected chi connectivity index (χ0v) is 11.7. The maximum absolute atomic E-state index is 12.7. The molecule has 1 unspecified atom stereocenters. The van der Waals surface area contributed by atoms with Gasteiger partial charge in [0.2, 0.25) is 0 Å². The normalized spacial score (nSPS) is 12.0. The summed E-state index contributed by atoms with van der Waals surface area (Å²) in [6.07, 6.45) is 3.24. The highest BCUT2D eigenvalue weighted by molar-refractivity contribution is 6.32. The van der Waals surface area contributed by atoms with E-state index < -0.39 is 5.92 Å². The van der Waals surface area contributed by atoms with Crippen molar-refractivity contribution in [3.63, 3.8) is 0 Å². The molecule has 4 nitrogen and oxygen atoms in total. The van der Waals surface area contributed by atoms with Crippen LogP contribution < -0.4 is 0 Å². The van der Waals surface area contributed by atoms with Gasteiger partial charge in [0, 0.05) is 11.2 Å². The summed E-state index contributed by atoms with van der Waals surface area (Å²) in [7, 11) is 0. The fourth-order valence-electron chi connectivity index (χ4n) is 2.26. The Kier molecular flexibility index (Phi) is 3.43. The Bertz CT molecular complexity index is 863. The van der Waals surface area contributed by atoms with Crippen LogP contribution in [0.2, 0.25) is 5.02 Å². The molecule has 0 amide bonds. The Hall–Kier alpha value is -2.64. The van der Waals surface area contributed by atoms with Crippen molar-refractivity contribution >= 4 is 22.9 Å². The van der Waals surface area contributed by atoms with E-state index in [2.05, 4.69) is 5.10 Å². The standard InChI is InChI=1S/C16H10ClN3O/c17-14-6-2-1-5-11(14)12(9-18)16(21)13-10-19-20-8-4-3-7-15(13)20/h1-8,10,12H. The van der Waals surface area contributed by atoms with E-state index in [0.717, 1.165) is 0 Å². The molecule has 0 bridgehead atoms. The molecule has 3 rings (SSSR count). The highest BCUT2D eigenvalue weighted by Crippen LogP contribution is 2.28. The molecule has 2 heterocycles. The molecule has 0 radical (unpaired) electrons. The first-order valence-corrected chi connectivity index (χ1v) is 6.71. The van der Waals surface area contributed by atoms with Crippen molar-refractivity contribution < 1.29 is 4.79 Å². The lowest BCUT2D eigenvalue weighted by atomic mass is 9.92. The quantitative estimate of drug-likeness (QED) is 0.695. The van der Waals surface area contributed by atoms with Gasteiger partial charge in [0.15, 0.2) is 5.78 Å². The number of nitriles is 1. The van der Waals surface area contributed by atoms with Crippen molar-refractivity contribution in [1.82, 2.24) is 9.61 Å². The van der Waals surface area contributed by atoms with Gasteiger partial charge < -0.3 is 0 Å². The highest BCUT2D eigenvalue weighted by atomic mass is 35.5. The molecule has 21 heavy (non-hydrogen) atoms. The number of nitrogens with zero attached hydrogens (tertiary/aromatic N) is 3. The van der Waals surface area contributed by atoms with Gasteiger partial charge in [-0.05, 0) is 23.8 Å². The van der Waals surface area contributed by atoms with E-state index in [4.69, 9.17) is 11.6 Å². The second-order valence-corrected chi connectivity index (χ2v) is 4.94. The van der Waals surface area contributed by atoms with Crippen molar-refractivity contribution in [2.24, 2.45) is 0 Å². The zero-order chi connectivity index (χ0) is 14.8. The fourth-order valence-corrected chi connectivity index (χ4v) is 2.50. The molecule has 0 spiro atoms. The second-order valence-electron chi connectivity index (χ2n) is 4.54. The van der Waals surface area contributed by atoms with Crippen molar-refractivity contribution in [3.05, 3.63) is 71.0 Å². The van der Waals surface area contributed by atoms with Crippen LogP contribution >= 0.6 is 11.6 Å². The number of ketones is 1. The number of aromatic nitrogens is 2. The van der Waals surface area contributed by atoms with Gasteiger partial charge in [0.25, 0.3) is 0 Å². The van der Waals surface area contributed by atoms with Crippen LogP contribution in [0.4, 0.5) is 0 Å². The summed E-state index contributed by atoms with van der Waals surface area (Å²) in [5, 5.41) is 13.9. The maximum atomic E-state index is 12.7. The Balaban J connectivity index is 2.08. The van der Waals surface area contributed by atoms with Gasteiger partial charge in [-0.1, -0.05) is 35.9 Å². The van der Waals surface area contributed by atoms with Crippen LogP contribution in [0.25, 0.3) is 5.52 Å². The number of halogens is 1. The first-order valence-electron chi connectivity index (χ1n) is 6.33. The highest BCUT2D eigenvalue weighted by Gasteiger charge is 2.26. The van der Waals surface area contributed by atoms with Gasteiger partial charge >= 0.3 is 0 Å². The molecule has 0 aliphatic rings. The van der Waals surface area contributed by atoms with Gasteiger partial charge in [0.1, 0.15) is 5.92 Å². The third-order valence-corrected chi connectivity index (χ3v) is 3.64.